The molecule has 196 valence electrons. The Morgan fingerprint density at radius 3 is 2.39 bits per heavy atom. The number of carbonyl (C=O) groups is 2. The number of esters is 1. The fraction of sp³-hybridized carbons (Fsp3) is 0.571. The first kappa shape index (κ1) is 26.6. The first-order valence-corrected chi connectivity index (χ1v) is 12.3. The van der Waals surface area contributed by atoms with E-state index in [1.807, 2.05) is 6.08 Å². The SMILES string of the molecule is C=C1CC[C@H]2[C@@H](/C=C(\C)C(=O)[C@@]3(O)C[C@H](C)[C@H](O)[C@@H]3[C@H]1OC(=O)c1ccc(C(F)(F)F)cc1)C2(C)C. The molecule has 0 aromatic heterocycles. The minimum atomic E-state index is -4.55. The summed E-state index contributed by atoms with van der Waals surface area (Å²) in [5.74, 6) is -2.60. The molecule has 0 amide bonds. The van der Waals surface area contributed by atoms with Gasteiger partial charge in [-0.15, -0.1) is 0 Å². The van der Waals surface area contributed by atoms with Crippen molar-refractivity contribution in [1.82, 2.24) is 0 Å². The number of hydrogen-bond donors (Lipinski definition) is 2. The standard InChI is InChI=1S/C28H33F3O5/c1-14-6-11-19-20(26(19,4)5)12-15(2)24(33)27(35)13-16(3)22(32)21(27)23(14)36-25(34)17-7-9-18(10-8-17)28(29,30)31/h7-10,12,16,19-23,32,35H,1,6,11,13H2,2-5H3/b15-12+/t16-,19-,20+,21+,22-,23-,27+/m0/s1. The maximum Gasteiger partial charge on any atom is 0.416 e. The number of ketones is 1. The normalized spacial score (nSPS) is 37.8. The number of alkyl halides is 3. The highest BCUT2D eigenvalue weighted by Gasteiger charge is 2.61. The Balaban J connectivity index is 1.71. The van der Waals surface area contributed by atoms with Crippen molar-refractivity contribution < 1.29 is 37.7 Å². The van der Waals surface area contributed by atoms with Crippen LogP contribution in [0, 0.1) is 29.1 Å². The Kier molecular flexibility index (Phi) is 6.53. The molecule has 36 heavy (non-hydrogen) atoms. The first-order chi connectivity index (χ1) is 16.6. The molecule has 0 radical (unpaired) electrons. The van der Waals surface area contributed by atoms with Gasteiger partial charge in [-0.3, -0.25) is 4.79 Å². The topological polar surface area (TPSA) is 83.8 Å². The zero-order valence-electron chi connectivity index (χ0n) is 20.9. The summed E-state index contributed by atoms with van der Waals surface area (Å²) >= 11 is 0. The van der Waals surface area contributed by atoms with Gasteiger partial charge in [-0.1, -0.05) is 33.4 Å². The van der Waals surface area contributed by atoms with Crippen LogP contribution >= 0.6 is 0 Å². The van der Waals surface area contributed by atoms with E-state index >= 15 is 0 Å². The van der Waals surface area contributed by atoms with Gasteiger partial charge >= 0.3 is 12.1 Å². The van der Waals surface area contributed by atoms with Crippen LogP contribution in [-0.2, 0) is 15.7 Å². The third kappa shape index (κ3) is 4.43. The van der Waals surface area contributed by atoms with Crippen LogP contribution in [0.2, 0.25) is 0 Å². The summed E-state index contributed by atoms with van der Waals surface area (Å²) in [5, 5.41) is 22.8. The van der Waals surface area contributed by atoms with Gasteiger partial charge in [0.05, 0.1) is 23.1 Å². The highest BCUT2D eigenvalue weighted by molar-refractivity contribution is 6.02. The van der Waals surface area contributed by atoms with Gasteiger partial charge in [0, 0.05) is 0 Å². The van der Waals surface area contributed by atoms with Gasteiger partial charge in [0.15, 0.2) is 5.78 Å². The Hall–Kier alpha value is -2.45. The summed E-state index contributed by atoms with van der Waals surface area (Å²) in [5.41, 5.74) is -2.16. The molecule has 0 saturated heterocycles. The second-order valence-electron chi connectivity index (χ2n) is 11.4. The van der Waals surface area contributed by atoms with Gasteiger partial charge in [0.25, 0.3) is 0 Å². The van der Waals surface area contributed by atoms with Gasteiger partial charge in [0.2, 0.25) is 0 Å². The minimum Gasteiger partial charge on any atom is -0.454 e. The second-order valence-corrected chi connectivity index (χ2v) is 11.4. The number of carbonyl (C=O) groups excluding carboxylic acids is 2. The lowest BCUT2D eigenvalue weighted by atomic mass is 9.77. The van der Waals surface area contributed by atoms with Gasteiger partial charge in [-0.05, 0) is 84.8 Å². The van der Waals surface area contributed by atoms with E-state index in [0.29, 0.717) is 17.6 Å². The molecule has 0 heterocycles. The number of ether oxygens (including phenoxy) is 1. The number of rotatable bonds is 2. The molecule has 4 rings (SSSR count). The van der Waals surface area contributed by atoms with E-state index in [9.17, 15) is 33.0 Å². The van der Waals surface area contributed by atoms with E-state index in [0.717, 1.165) is 30.7 Å². The zero-order chi connectivity index (χ0) is 26.8. The molecule has 0 aliphatic heterocycles. The molecule has 0 bridgehead atoms. The number of fused-ring (bicyclic) bond motifs is 2. The summed E-state index contributed by atoms with van der Waals surface area (Å²) in [6.45, 7) is 11.7. The van der Waals surface area contributed by atoms with E-state index in [-0.39, 0.29) is 29.2 Å². The number of aliphatic hydroxyl groups is 2. The van der Waals surface area contributed by atoms with Gasteiger partial charge in [-0.2, -0.15) is 13.2 Å². The van der Waals surface area contributed by atoms with Crippen LogP contribution in [0.25, 0.3) is 0 Å². The third-order valence-electron chi connectivity index (χ3n) is 8.64. The smallest absolute Gasteiger partial charge is 0.416 e. The highest BCUT2D eigenvalue weighted by Crippen LogP contribution is 2.62. The van der Waals surface area contributed by atoms with E-state index in [1.165, 1.54) is 0 Å². The minimum absolute atomic E-state index is 0.0120. The lowest BCUT2D eigenvalue weighted by Gasteiger charge is -2.36. The molecule has 0 spiro atoms. The lowest BCUT2D eigenvalue weighted by molar-refractivity contribution is -0.144. The van der Waals surface area contributed by atoms with E-state index < -0.39 is 53.1 Å². The summed E-state index contributed by atoms with van der Waals surface area (Å²) in [7, 11) is 0. The summed E-state index contributed by atoms with van der Waals surface area (Å²) in [6, 6.07) is 3.63. The van der Waals surface area contributed by atoms with Crippen molar-refractivity contribution >= 4 is 11.8 Å². The molecule has 1 aromatic carbocycles. The van der Waals surface area contributed by atoms with Gasteiger partial charge in [-0.25, -0.2) is 4.79 Å². The summed E-state index contributed by atoms with van der Waals surface area (Å²) in [6.07, 6.45) is -3.83. The van der Waals surface area contributed by atoms with Crippen molar-refractivity contribution in [3.63, 3.8) is 0 Å². The van der Waals surface area contributed by atoms with Crippen molar-refractivity contribution in [2.75, 3.05) is 0 Å². The number of hydrogen-bond acceptors (Lipinski definition) is 5. The zero-order valence-corrected chi connectivity index (χ0v) is 20.9. The van der Waals surface area contributed by atoms with Crippen molar-refractivity contribution in [2.45, 2.75) is 70.9 Å². The van der Waals surface area contributed by atoms with E-state index in [1.54, 1.807) is 13.8 Å². The number of halogens is 3. The van der Waals surface area contributed by atoms with Crippen LogP contribution in [-0.4, -0.2) is 39.8 Å². The van der Waals surface area contributed by atoms with Crippen LogP contribution in [0.4, 0.5) is 13.2 Å². The molecular weight excluding hydrogens is 473 g/mol. The number of aliphatic hydroxyl groups excluding tert-OH is 1. The van der Waals surface area contributed by atoms with Crippen molar-refractivity contribution in [3.8, 4) is 0 Å². The van der Waals surface area contributed by atoms with Crippen LogP contribution in [0.5, 0.6) is 0 Å². The molecule has 5 nitrogen and oxygen atoms in total. The van der Waals surface area contributed by atoms with Gasteiger partial charge < -0.3 is 14.9 Å². The molecule has 8 heteroatoms. The van der Waals surface area contributed by atoms with Crippen LogP contribution in [0.3, 0.4) is 0 Å². The fourth-order valence-corrected chi connectivity index (χ4v) is 6.29. The van der Waals surface area contributed by atoms with E-state index in [2.05, 4.69) is 20.4 Å². The molecule has 3 aliphatic rings. The number of benzene rings is 1. The monoisotopic (exact) mass is 506 g/mol. The maximum absolute atomic E-state index is 13.6. The predicted molar refractivity (Wildman–Crippen MR) is 127 cm³/mol. The molecule has 0 unspecified atom stereocenters. The largest absolute Gasteiger partial charge is 0.454 e. The van der Waals surface area contributed by atoms with Crippen molar-refractivity contribution in [1.29, 1.82) is 0 Å². The van der Waals surface area contributed by atoms with Crippen LogP contribution in [0.1, 0.15) is 62.9 Å². The molecule has 3 aliphatic carbocycles. The Morgan fingerprint density at radius 2 is 1.81 bits per heavy atom. The molecule has 2 N–H and O–H groups in total. The average Bonchev–Trinajstić information content (AvgIpc) is 3.22. The van der Waals surface area contributed by atoms with Crippen molar-refractivity contribution in [3.05, 3.63) is 59.2 Å². The molecule has 2 saturated carbocycles. The highest BCUT2D eigenvalue weighted by atomic mass is 19.4. The Bertz CT molecular complexity index is 1100. The molecule has 7 atom stereocenters. The molecule has 2 fully saturated rings. The van der Waals surface area contributed by atoms with Crippen molar-refractivity contribution in [2.24, 2.45) is 29.1 Å². The maximum atomic E-state index is 13.6. The molecule has 1 aromatic rings. The number of Topliss-reactive ketones (excluding diaryl/α,β-unsaturated/α-hetero) is 1. The number of allylic oxidation sites excluding steroid dienone is 1. The second kappa shape index (κ2) is 8.84. The van der Waals surface area contributed by atoms with Crippen LogP contribution < -0.4 is 0 Å². The average molecular weight is 507 g/mol. The predicted octanol–water partition coefficient (Wildman–Crippen LogP) is 5.12. The van der Waals surface area contributed by atoms with Gasteiger partial charge in [0.1, 0.15) is 11.7 Å². The quantitative estimate of drug-likeness (QED) is 0.430. The van der Waals surface area contributed by atoms with E-state index in [4.69, 9.17) is 4.74 Å². The fourth-order valence-electron chi connectivity index (χ4n) is 6.29. The lowest BCUT2D eigenvalue weighted by Crippen LogP contribution is -2.52. The Morgan fingerprint density at radius 1 is 1.19 bits per heavy atom. The third-order valence-corrected chi connectivity index (χ3v) is 8.64. The Labute approximate surface area is 209 Å². The first-order valence-electron chi connectivity index (χ1n) is 12.3. The molecular formula is C28H33F3O5. The van der Waals surface area contributed by atoms with Crippen LogP contribution in [0.15, 0.2) is 48.1 Å². The summed E-state index contributed by atoms with van der Waals surface area (Å²) < 4.78 is 44.6. The summed E-state index contributed by atoms with van der Waals surface area (Å²) in [4.78, 5) is 26.6.